The summed E-state index contributed by atoms with van der Waals surface area (Å²) in [7, 11) is 0. The van der Waals surface area contributed by atoms with Crippen LogP contribution in [-0.2, 0) is 9.59 Å². The maximum absolute atomic E-state index is 12.4. The molecule has 26 heavy (non-hydrogen) atoms. The number of carbonyl (C=O) groups is 2. The van der Waals surface area contributed by atoms with Gasteiger partial charge in [0.05, 0.1) is 5.69 Å². The molecule has 0 radical (unpaired) electrons. The molecule has 0 spiro atoms. The lowest BCUT2D eigenvalue weighted by Crippen LogP contribution is -2.43. The van der Waals surface area contributed by atoms with Crippen molar-refractivity contribution in [2.75, 3.05) is 41.4 Å². The molecule has 0 aromatic heterocycles. The summed E-state index contributed by atoms with van der Waals surface area (Å²) in [5.74, 6) is 0.169. The lowest BCUT2D eigenvalue weighted by Gasteiger charge is -2.28. The van der Waals surface area contributed by atoms with E-state index in [1.54, 1.807) is 12.1 Å². The molecule has 0 saturated carbocycles. The summed E-state index contributed by atoms with van der Waals surface area (Å²) in [4.78, 5) is 28.4. The predicted octanol–water partition coefficient (Wildman–Crippen LogP) is 2.65. The molecule has 1 N–H and O–H groups in total. The fourth-order valence-corrected chi connectivity index (χ4v) is 3.40. The topological polar surface area (TPSA) is 61.9 Å². The van der Waals surface area contributed by atoms with Crippen molar-refractivity contribution in [1.29, 1.82) is 0 Å². The van der Waals surface area contributed by atoms with E-state index in [0.717, 1.165) is 18.8 Å². The molecule has 1 fully saturated rings. The van der Waals surface area contributed by atoms with Crippen molar-refractivity contribution in [3.63, 3.8) is 0 Å². The minimum absolute atomic E-state index is 0.0346. The van der Waals surface area contributed by atoms with Crippen LogP contribution in [0, 0.1) is 0 Å². The third-order valence-corrected chi connectivity index (χ3v) is 4.73. The molecule has 2 heterocycles. The lowest BCUT2D eigenvalue weighted by molar-refractivity contribution is -0.123. The van der Waals surface area contributed by atoms with Gasteiger partial charge >= 0.3 is 0 Å². The quantitative estimate of drug-likeness (QED) is 0.920. The van der Waals surface area contributed by atoms with Gasteiger partial charge in [0.25, 0.3) is 5.91 Å². The molecule has 2 aliphatic rings. The summed E-state index contributed by atoms with van der Waals surface area (Å²) in [5.41, 5.74) is 2.54. The van der Waals surface area contributed by atoms with Crippen molar-refractivity contribution in [1.82, 2.24) is 0 Å². The molecule has 0 aliphatic carbocycles. The smallest absolute Gasteiger partial charge is 0.265 e. The number of hydrogen-bond donors (Lipinski definition) is 1. The van der Waals surface area contributed by atoms with E-state index < -0.39 is 0 Å². The van der Waals surface area contributed by atoms with Gasteiger partial charge in [-0.25, -0.2) is 0 Å². The fourth-order valence-electron chi connectivity index (χ4n) is 3.40. The van der Waals surface area contributed by atoms with E-state index in [4.69, 9.17) is 4.74 Å². The maximum Gasteiger partial charge on any atom is 0.265 e. The Labute approximate surface area is 152 Å². The molecule has 1 saturated heterocycles. The van der Waals surface area contributed by atoms with Crippen LogP contribution in [0.5, 0.6) is 5.75 Å². The largest absolute Gasteiger partial charge is 0.482 e. The fraction of sp³-hybridized carbons (Fsp3) is 0.300. The van der Waals surface area contributed by atoms with Crippen LogP contribution in [0.25, 0.3) is 0 Å². The Morgan fingerprint density at radius 1 is 1.04 bits per heavy atom. The third kappa shape index (κ3) is 3.35. The molecule has 2 amide bonds. The van der Waals surface area contributed by atoms with E-state index >= 15 is 0 Å². The first kappa shape index (κ1) is 16.4. The number of para-hydroxylation sites is 2. The minimum Gasteiger partial charge on any atom is -0.482 e. The normalized spacial score (nSPS) is 16.2. The number of anilines is 3. The van der Waals surface area contributed by atoms with E-state index in [-0.39, 0.29) is 25.0 Å². The Hall–Kier alpha value is -3.02. The lowest BCUT2D eigenvalue weighted by atomic mass is 10.2. The molecular formula is C20H21N3O3. The molecule has 2 aliphatic heterocycles. The van der Waals surface area contributed by atoms with Gasteiger partial charge in [-0.15, -0.1) is 0 Å². The average Bonchev–Trinajstić information content (AvgIpc) is 3.19. The zero-order valence-corrected chi connectivity index (χ0v) is 14.5. The van der Waals surface area contributed by atoms with Crippen molar-refractivity contribution in [2.45, 2.75) is 12.8 Å². The molecule has 6 nitrogen and oxygen atoms in total. The van der Waals surface area contributed by atoms with Gasteiger partial charge in [0, 0.05) is 24.5 Å². The number of hydrogen-bond acceptors (Lipinski definition) is 4. The highest BCUT2D eigenvalue weighted by Gasteiger charge is 2.26. The average molecular weight is 351 g/mol. The van der Waals surface area contributed by atoms with Crippen molar-refractivity contribution >= 4 is 28.9 Å². The highest BCUT2D eigenvalue weighted by Crippen LogP contribution is 2.31. The van der Waals surface area contributed by atoms with Crippen LogP contribution in [0.4, 0.5) is 17.1 Å². The van der Waals surface area contributed by atoms with Gasteiger partial charge in [-0.05, 0) is 49.2 Å². The van der Waals surface area contributed by atoms with Crippen LogP contribution in [0.15, 0.2) is 48.5 Å². The van der Waals surface area contributed by atoms with Crippen LogP contribution in [0.1, 0.15) is 12.8 Å². The van der Waals surface area contributed by atoms with Crippen molar-refractivity contribution in [3.05, 3.63) is 48.5 Å². The van der Waals surface area contributed by atoms with Crippen molar-refractivity contribution < 1.29 is 14.3 Å². The summed E-state index contributed by atoms with van der Waals surface area (Å²) in [6.07, 6.45) is 2.46. The van der Waals surface area contributed by atoms with E-state index in [1.165, 1.54) is 23.4 Å². The Morgan fingerprint density at radius 3 is 2.54 bits per heavy atom. The van der Waals surface area contributed by atoms with Crippen LogP contribution >= 0.6 is 0 Å². The number of carbonyl (C=O) groups excluding carboxylic acids is 2. The summed E-state index contributed by atoms with van der Waals surface area (Å²) in [6.45, 7) is 2.09. The van der Waals surface area contributed by atoms with Crippen molar-refractivity contribution in [3.8, 4) is 5.75 Å². The Balaban J connectivity index is 1.42. The predicted molar refractivity (Wildman–Crippen MR) is 101 cm³/mol. The van der Waals surface area contributed by atoms with Gasteiger partial charge in [0.15, 0.2) is 6.61 Å². The summed E-state index contributed by atoms with van der Waals surface area (Å²) >= 11 is 0. The molecule has 4 rings (SSSR count). The SMILES string of the molecule is O=C(CN1C(=O)COc2ccccc21)Nc1ccc(N2CCCC2)cc1. The van der Waals surface area contributed by atoms with Gasteiger partial charge in [-0.2, -0.15) is 0 Å². The summed E-state index contributed by atoms with van der Waals surface area (Å²) in [6, 6.07) is 15.1. The van der Waals surface area contributed by atoms with Gasteiger partial charge in [-0.3, -0.25) is 14.5 Å². The molecule has 134 valence electrons. The number of ether oxygens (including phenoxy) is 1. The van der Waals surface area contributed by atoms with Crippen LogP contribution in [0.2, 0.25) is 0 Å². The van der Waals surface area contributed by atoms with Gasteiger partial charge in [-0.1, -0.05) is 12.1 Å². The zero-order chi connectivity index (χ0) is 17.9. The Kier molecular flexibility index (Phi) is 4.48. The van der Waals surface area contributed by atoms with Crippen LogP contribution in [0.3, 0.4) is 0 Å². The number of benzene rings is 2. The zero-order valence-electron chi connectivity index (χ0n) is 14.5. The van der Waals surface area contributed by atoms with E-state index in [1.807, 2.05) is 36.4 Å². The Morgan fingerprint density at radius 2 is 1.77 bits per heavy atom. The summed E-state index contributed by atoms with van der Waals surface area (Å²) < 4.78 is 5.40. The number of fused-ring (bicyclic) bond motifs is 1. The Bertz CT molecular complexity index is 813. The van der Waals surface area contributed by atoms with Crippen LogP contribution in [-0.4, -0.2) is 38.1 Å². The first-order valence-electron chi connectivity index (χ1n) is 8.88. The molecule has 6 heteroatoms. The van der Waals surface area contributed by atoms with Gasteiger partial charge < -0.3 is 15.0 Å². The maximum atomic E-state index is 12.4. The van der Waals surface area contributed by atoms with Gasteiger partial charge in [0.1, 0.15) is 12.3 Å². The molecule has 2 aromatic rings. The monoisotopic (exact) mass is 351 g/mol. The number of nitrogens with one attached hydrogen (secondary N) is 1. The second kappa shape index (κ2) is 7.07. The third-order valence-electron chi connectivity index (χ3n) is 4.73. The number of rotatable bonds is 4. The van der Waals surface area contributed by atoms with E-state index in [0.29, 0.717) is 11.4 Å². The minimum atomic E-state index is -0.232. The standard InChI is InChI=1S/C20H21N3O3/c24-19(13-23-17-5-1-2-6-18(17)26-14-20(23)25)21-15-7-9-16(10-8-15)22-11-3-4-12-22/h1-2,5-10H,3-4,11-14H2,(H,21,24). The molecule has 2 aromatic carbocycles. The van der Waals surface area contributed by atoms with Crippen LogP contribution < -0.4 is 19.9 Å². The molecule has 0 bridgehead atoms. The van der Waals surface area contributed by atoms with Gasteiger partial charge in [0.2, 0.25) is 5.91 Å². The van der Waals surface area contributed by atoms with Crippen molar-refractivity contribution in [2.24, 2.45) is 0 Å². The molecule has 0 atom stereocenters. The number of nitrogens with zero attached hydrogens (tertiary/aromatic N) is 2. The second-order valence-corrected chi connectivity index (χ2v) is 6.53. The van der Waals surface area contributed by atoms with E-state index in [2.05, 4.69) is 10.2 Å². The summed E-state index contributed by atoms with van der Waals surface area (Å²) in [5, 5.41) is 2.87. The molecule has 0 unspecified atom stereocenters. The van der Waals surface area contributed by atoms with E-state index in [9.17, 15) is 9.59 Å². The second-order valence-electron chi connectivity index (χ2n) is 6.53. The first-order valence-corrected chi connectivity index (χ1v) is 8.88. The first-order chi connectivity index (χ1) is 12.7. The molecular weight excluding hydrogens is 330 g/mol. The number of amides is 2. The highest BCUT2D eigenvalue weighted by molar-refractivity contribution is 6.04. The highest BCUT2D eigenvalue weighted by atomic mass is 16.5.